The summed E-state index contributed by atoms with van der Waals surface area (Å²) in [7, 11) is 1.97. The van der Waals surface area contributed by atoms with E-state index in [9.17, 15) is 17.8 Å². The first-order valence-corrected chi connectivity index (χ1v) is 16.4. The van der Waals surface area contributed by atoms with E-state index in [1.165, 1.54) is 23.0 Å². The molecule has 2 aromatic heterocycles. The predicted octanol–water partition coefficient (Wildman–Crippen LogP) is 4.04. The van der Waals surface area contributed by atoms with Gasteiger partial charge in [0.05, 0.1) is 38.6 Å². The van der Waals surface area contributed by atoms with Gasteiger partial charge in [-0.25, -0.2) is 18.0 Å². The number of nitrogens with zero attached hydrogens (tertiary/aromatic N) is 4. The van der Waals surface area contributed by atoms with E-state index in [2.05, 4.69) is 32.7 Å². The largest absolute Gasteiger partial charge is 0.311 e. The smallest absolute Gasteiger partial charge is 0.266 e. The van der Waals surface area contributed by atoms with Crippen LogP contribution in [0.25, 0.3) is 27.5 Å². The lowest BCUT2D eigenvalue weighted by atomic mass is 9.97. The summed E-state index contributed by atoms with van der Waals surface area (Å²) in [4.78, 5) is 19.6. The molecular weight excluding hydrogens is 622 g/mol. The maximum Gasteiger partial charge on any atom is 0.266 e. The molecule has 1 saturated heterocycles. The van der Waals surface area contributed by atoms with Crippen LogP contribution in [-0.2, 0) is 24.5 Å². The van der Waals surface area contributed by atoms with Crippen LogP contribution in [0.4, 0.5) is 14.6 Å². The van der Waals surface area contributed by atoms with Crippen LogP contribution in [0.5, 0.6) is 0 Å². The fourth-order valence-corrected chi connectivity index (χ4v) is 6.80. The Morgan fingerprint density at radius 1 is 1.11 bits per heavy atom. The van der Waals surface area contributed by atoms with Crippen LogP contribution in [0.2, 0.25) is 5.02 Å². The van der Waals surface area contributed by atoms with Gasteiger partial charge in [-0.05, 0) is 67.9 Å². The second kappa shape index (κ2) is 12.6. The molecule has 14 heteroatoms. The summed E-state index contributed by atoms with van der Waals surface area (Å²) in [6, 6.07) is 11.9. The fourth-order valence-electron chi connectivity index (χ4n) is 6.14. The molecule has 4 atom stereocenters. The van der Waals surface area contributed by atoms with Gasteiger partial charge in [-0.15, -0.1) is 0 Å². The Morgan fingerprint density at radius 3 is 2.53 bits per heavy atom. The molecular formula is C31H33ClF2N8O2S. The number of aromatic nitrogens is 4. The van der Waals surface area contributed by atoms with Crippen molar-refractivity contribution in [1.82, 2.24) is 35.3 Å². The molecule has 6 rings (SSSR count). The molecule has 1 aliphatic rings. The lowest BCUT2D eigenvalue weighted by molar-refractivity contribution is 0.346. The molecule has 0 amide bonds. The molecule has 1 fully saturated rings. The molecule has 4 N–H and O–H groups in total. The molecule has 10 nitrogen and oxygen atoms in total. The summed E-state index contributed by atoms with van der Waals surface area (Å²) in [5, 5.41) is 15.9. The van der Waals surface area contributed by atoms with Crippen molar-refractivity contribution in [2.24, 2.45) is 7.05 Å². The molecule has 45 heavy (non-hydrogen) atoms. The van der Waals surface area contributed by atoms with Gasteiger partial charge < -0.3 is 16.0 Å². The molecule has 3 heterocycles. The number of piperazine rings is 1. The molecule has 0 saturated carbocycles. The minimum atomic E-state index is -1.43. The minimum Gasteiger partial charge on any atom is -0.311 e. The van der Waals surface area contributed by atoms with Crippen LogP contribution in [0.3, 0.4) is 0 Å². The summed E-state index contributed by atoms with van der Waals surface area (Å²) in [5.41, 5.74) is 2.48. The first-order chi connectivity index (χ1) is 21.5. The summed E-state index contributed by atoms with van der Waals surface area (Å²) in [6.45, 7) is 3.76. The highest BCUT2D eigenvalue weighted by atomic mass is 35.5. The quantitative estimate of drug-likeness (QED) is 0.200. The SMILES string of the molecule is CNC(Cc1cc(F)cc(F)c1)c1nc2cc(C3NCCNC3C)ccc2c(=O)n1-c1ccc(Cl)c2c(NS(C)=O)nn(C)c12. The third-order valence-corrected chi connectivity index (χ3v) is 8.95. The van der Waals surface area contributed by atoms with Crippen molar-refractivity contribution < 1.29 is 13.0 Å². The van der Waals surface area contributed by atoms with Gasteiger partial charge >= 0.3 is 0 Å². The number of halogens is 3. The highest BCUT2D eigenvalue weighted by Crippen LogP contribution is 2.35. The van der Waals surface area contributed by atoms with Crippen LogP contribution in [0.15, 0.2) is 53.3 Å². The van der Waals surface area contributed by atoms with Crippen molar-refractivity contribution in [3.63, 3.8) is 0 Å². The Morgan fingerprint density at radius 2 is 1.84 bits per heavy atom. The van der Waals surface area contributed by atoms with E-state index in [-0.39, 0.29) is 24.1 Å². The van der Waals surface area contributed by atoms with E-state index in [0.717, 1.165) is 24.7 Å². The summed E-state index contributed by atoms with van der Waals surface area (Å²) >= 11 is 6.63. The standard InChI is InChI=1S/C31H33ClF2N8O2S/c1-16-27(37-10-9-36-16)18-5-6-21-23(14-18)38-30(24(35-2)13-17-11-19(33)15-20(34)12-17)42(31(21)43)25-8-7-22(32)26-28(25)41(3)39-29(26)40-45(4)44/h5-8,11-12,14-16,24,27,35-37H,9-10,13H2,1-4H3,(H,39,40). The number of rotatable bonds is 8. The van der Waals surface area contributed by atoms with Crippen LogP contribution < -0.4 is 26.2 Å². The zero-order valence-electron chi connectivity index (χ0n) is 25.1. The fraction of sp³-hybridized carbons (Fsp3) is 0.323. The molecule has 236 valence electrons. The van der Waals surface area contributed by atoms with Gasteiger partial charge in [0.2, 0.25) is 0 Å². The van der Waals surface area contributed by atoms with E-state index in [4.69, 9.17) is 16.6 Å². The normalized spacial score (nSPS) is 18.4. The Hall–Kier alpha value is -3.75. The second-order valence-electron chi connectivity index (χ2n) is 11.2. The van der Waals surface area contributed by atoms with Gasteiger partial charge in [0.25, 0.3) is 5.56 Å². The van der Waals surface area contributed by atoms with Gasteiger partial charge in [-0.1, -0.05) is 17.7 Å². The number of benzene rings is 3. The third kappa shape index (κ3) is 5.98. The van der Waals surface area contributed by atoms with E-state index in [1.807, 2.05) is 12.1 Å². The average Bonchev–Trinajstić information content (AvgIpc) is 3.31. The van der Waals surface area contributed by atoms with Gasteiger partial charge in [-0.3, -0.25) is 18.8 Å². The maximum atomic E-state index is 14.5. The number of hydrogen-bond acceptors (Lipinski definition) is 7. The number of hydrogen-bond donors (Lipinski definition) is 4. The predicted molar refractivity (Wildman–Crippen MR) is 174 cm³/mol. The van der Waals surface area contributed by atoms with Crippen molar-refractivity contribution in [1.29, 1.82) is 0 Å². The summed E-state index contributed by atoms with van der Waals surface area (Å²) in [5.74, 6) is -0.758. The van der Waals surface area contributed by atoms with E-state index in [1.54, 1.807) is 37.0 Å². The van der Waals surface area contributed by atoms with Crippen molar-refractivity contribution in [3.8, 4) is 5.69 Å². The Balaban J connectivity index is 1.62. The molecule has 5 aromatic rings. The number of likely N-dealkylation sites (N-methyl/N-ethyl adjacent to an activating group) is 1. The lowest BCUT2D eigenvalue weighted by Gasteiger charge is -2.31. The highest BCUT2D eigenvalue weighted by Gasteiger charge is 2.27. The highest BCUT2D eigenvalue weighted by molar-refractivity contribution is 7.85. The summed E-state index contributed by atoms with van der Waals surface area (Å²) in [6.07, 6.45) is 1.62. The molecule has 0 spiro atoms. The maximum absolute atomic E-state index is 14.5. The van der Waals surface area contributed by atoms with Gasteiger partial charge in [0.1, 0.15) is 28.4 Å². The first kappa shape index (κ1) is 31.2. The second-order valence-corrected chi connectivity index (χ2v) is 12.7. The Bertz CT molecular complexity index is 2000. The number of anilines is 1. The third-order valence-electron chi connectivity index (χ3n) is 8.15. The van der Waals surface area contributed by atoms with Crippen molar-refractivity contribution in [2.45, 2.75) is 31.5 Å². The zero-order valence-corrected chi connectivity index (χ0v) is 26.7. The van der Waals surface area contributed by atoms with Gasteiger partial charge in [-0.2, -0.15) is 5.10 Å². The van der Waals surface area contributed by atoms with E-state index >= 15 is 0 Å². The summed E-state index contributed by atoms with van der Waals surface area (Å²) < 4.78 is 46.4. The zero-order chi connectivity index (χ0) is 32.0. The topological polar surface area (TPSA) is 118 Å². The lowest BCUT2D eigenvalue weighted by Crippen LogP contribution is -2.49. The van der Waals surface area contributed by atoms with Crippen LogP contribution in [0, 0.1) is 11.6 Å². The molecule has 0 bridgehead atoms. The van der Waals surface area contributed by atoms with Gasteiger partial charge in [0.15, 0.2) is 5.82 Å². The van der Waals surface area contributed by atoms with Crippen LogP contribution >= 0.6 is 11.6 Å². The van der Waals surface area contributed by atoms with Crippen molar-refractivity contribution in [2.75, 3.05) is 31.1 Å². The van der Waals surface area contributed by atoms with Crippen LogP contribution in [-0.4, -0.2) is 56.0 Å². The van der Waals surface area contributed by atoms with Gasteiger partial charge in [0, 0.05) is 44.5 Å². The van der Waals surface area contributed by atoms with Crippen LogP contribution in [0.1, 0.15) is 36.0 Å². The van der Waals surface area contributed by atoms with Crippen molar-refractivity contribution in [3.05, 3.63) is 92.5 Å². The molecule has 0 aliphatic carbocycles. The molecule has 0 radical (unpaired) electrons. The Labute approximate surface area is 265 Å². The monoisotopic (exact) mass is 654 g/mol. The van der Waals surface area contributed by atoms with E-state index in [0.29, 0.717) is 49.7 Å². The average molecular weight is 655 g/mol. The molecule has 4 unspecified atom stereocenters. The Kier molecular flexibility index (Phi) is 8.72. The van der Waals surface area contributed by atoms with E-state index < -0.39 is 28.7 Å². The number of fused-ring (bicyclic) bond motifs is 2. The molecule has 3 aromatic carbocycles. The number of aryl methyl sites for hydroxylation is 1. The molecule has 1 aliphatic heterocycles. The van der Waals surface area contributed by atoms with Crippen molar-refractivity contribution >= 4 is 50.2 Å². The first-order valence-electron chi connectivity index (χ1n) is 14.5. The minimum absolute atomic E-state index is 0.0200. The number of nitrogens with one attached hydrogen (secondary N) is 4.